The molecule has 0 aliphatic heterocycles. The Morgan fingerprint density at radius 3 is 2.50 bits per heavy atom. The second kappa shape index (κ2) is 7.72. The van der Waals surface area contributed by atoms with Crippen molar-refractivity contribution in [1.29, 1.82) is 5.26 Å². The molecular formula is C17H13N3OS. The average molecular weight is 307 g/mol. The molecule has 0 bridgehead atoms. The number of hydrogen-bond donors (Lipinski definition) is 2. The maximum Gasteiger partial charge on any atom is 0.250 e. The van der Waals surface area contributed by atoms with Crippen molar-refractivity contribution in [2.75, 3.05) is 5.32 Å². The van der Waals surface area contributed by atoms with Crippen LogP contribution in [0.5, 0.6) is 0 Å². The highest BCUT2D eigenvalue weighted by Crippen LogP contribution is 2.13. The molecule has 0 fully saturated rings. The molecule has 1 amide bonds. The first-order valence-corrected chi connectivity index (χ1v) is 6.94. The minimum atomic E-state index is -0.337. The SMILES string of the molecule is N#Cc1ccccc1NC(=S)NC(=O)/C=C/c1ccccc1. The third-order valence-electron chi connectivity index (χ3n) is 2.76. The molecule has 22 heavy (non-hydrogen) atoms. The van der Waals surface area contributed by atoms with Crippen molar-refractivity contribution >= 4 is 35.0 Å². The molecule has 2 N–H and O–H groups in total. The van der Waals surface area contributed by atoms with Crippen molar-refractivity contribution in [3.05, 3.63) is 71.8 Å². The van der Waals surface area contributed by atoms with Gasteiger partial charge in [0.25, 0.3) is 0 Å². The number of benzene rings is 2. The first kappa shape index (κ1) is 15.4. The lowest BCUT2D eigenvalue weighted by atomic mass is 10.2. The summed E-state index contributed by atoms with van der Waals surface area (Å²) < 4.78 is 0. The molecule has 0 saturated heterocycles. The highest BCUT2D eigenvalue weighted by molar-refractivity contribution is 7.80. The van der Waals surface area contributed by atoms with E-state index in [-0.39, 0.29) is 11.0 Å². The van der Waals surface area contributed by atoms with Crippen LogP contribution in [0.15, 0.2) is 60.7 Å². The number of nitrogens with zero attached hydrogens (tertiary/aromatic N) is 1. The van der Waals surface area contributed by atoms with E-state index in [1.54, 1.807) is 30.3 Å². The number of hydrogen-bond acceptors (Lipinski definition) is 3. The summed E-state index contributed by atoms with van der Waals surface area (Å²) in [7, 11) is 0. The molecule has 0 heterocycles. The van der Waals surface area contributed by atoms with Crippen LogP contribution in [0.3, 0.4) is 0 Å². The third-order valence-corrected chi connectivity index (χ3v) is 2.96. The fourth-order valence-electron chi connectivity index (χ4n) is 1.73. The minimum Gasteiger partial charge on any atom is -0.331 e. The second-order valence-electron chi connectivity index (χ2n) is 4.34. The van der Waals surface area contributed by atoms with Crippen molar-refractivity contribution < 1.29 is 4.79 Å². The highest BCUT2D eigenvalue weighted by Gasteiger charge is 2.04. The summed E-state index contributed by atoms with van der Waals surface area (Å²) in [5.41, 5.74) is 1.94. The smallest absolute Gasteiger partial charge is 0.250 e. The molecular weight excluding hydrogens is 294 g/mol. The minimum absolute atomic E-state index is 0.144. The summed E-state index contributed by atoms with van der Waals surface area (Å²) in [5.74, 6) is -0.337. The van der Waals surface area contributed by atoms with Crippen molar-refractivity contribution in [1.82, 2.24) is 5.32 Å². The standard InChI is InChI=1S/C17H13N3OS/c18-12-14-8-4-5-9-15(14)19-17(22)20-16(21)11-10-13-6-2-1-3-7-13/h1-11H,(H2,19,20,21,22)/b11-10+. The van der Waals surface area contributed by atoms with Gasteiger partial charge in [-0.3, -0.25) is 10.1 Å². The van der Waals surface area contributed by atoms with Crippen molar-refractivity contribution in [2.45, 2.75) is 0 Å². The lowest BCUT2D eigenvalue weighted by Gasteiger charge is -2.09. The molecule has 2 aromatic rings. The van der Waals surface area contributed by atoms with Crippen molar-refractivity contribution in [3.8, 4) is 6.07 Å². The number of carbonyl (C=O) groups excluding carboxylic acids is 1. The number of thiocarbonyl (C=S) groups is 1. The maximum absolute atomic E-state index is 11.8. The molecule has 0 aliphatic rings. The van der Waals surface area contributed by atoms with E-state index in [4.69, 9.17) is 17.5 Å². The van der Waals surface area contributed by atoms with Crippen LogP contribution in [-0.2, 0) is 4.79 Å². The van der Waals surface area contributed by atoms with E-state index < -0.39 is 0 Å². The third kappa shape index (κ3) is 4.54. The van der Waals surface area contributed by atoms with Gasteiger partial charge in [0, 0.05) is 6.08 Å². The predicted octanol–water partition coefficient (Wildman–Crippen LogP) is 3.08. The van der Waals surface area contributed by atoms with Crippen LogP contribution in [0, 0.1) is 11.3 Å². The number of nitrogens with one attached hydrogen (secondary N) is 2. The average Bonchev–Trinajstić information content (AvgIpc) is 2.54. The van der Waals surface area contributed by atoms with Gasteiger partial charge in [0.2, 0.25) is 5.91 Å². The quantitative estimate of drug-likeness (QED) is 0.675. The molecule has 108 valence electrons. The Hall–Kier alpha value is -2.97. The van der Waals surface area contributed by atoms with Gasteiger partial charge in [0.15, 0.2) is 5.11 Å². The Labute approximate surface area is 134 Å². The zero-order valence-electron chi connectivity index (χ0n) is 11.6. The summed E-state index contributed by atoms with van der Waals surface area (Å²) in [6.07, 6.45) is 3.10. The van der Waals surface area contributed by atoms with E-state index in [0.29, 0.717) is 11.3 Å². The Morgan fingerprint density at radius 2 is 1.77 bits per heavy atom. The molecule has 0 unspecified atom stereocenters. The number of anilines is 1. The summed E-state index contributed by atoms with van der Waals surface area (Å²) in [6, 6.07) is 18.5. The Kier molecular flexibility index (Phi) is 5.41. The van der Waals surface area contributed by atoms with E-state index in [9.17, 15) is 4.79 Å². The first-order valence-electron chi connectivity index (χ1n) is 6.53. The van der Waals surface area contributed by atoms with Crippen LogP contribution in [0.25, 0.3) is 6.08 Å². The van der Waals surface area contributed by atoms with Crippen LogP contribution in [0.4, 0.5) is 5.69 Å². The van der Waals surface area contributed by atoms with Gasteiger partial charge in [0.1, 0.15) is 6.07 Å². The van der Waals surface area contributed by atoms with Gasteiger partial charge in [-0.05, 0) is 36.0 Å². The number of nitriles is 1. The molecule has 0 spiro atoms. The molecule has 4 nitrogen and oxygen atoms in total. The Bertz CT molecular complexity index is 748. The lowest BCUT2D eigenvalue weighted by Crippen LogP contribution is -2.33. The fraction of sp³-hybridized carbons (Fsp3) is 0. The normalized spacial score (nSPS) is 9.95. The molecule has 0 saturated carbocycles. The number of carbonyl (C=O) groups is 1. The van der Waals surface area contributed by atoms with Gasteiger partial charge in [0.05, 0.1) is 11.3 Å². The van der Waals surface area contributed by atoms with Crippen LogP contribution in [-0.4, -0.2) is 11.0 Å². The molecule has 0 radical (unpaired) electrons. The fourth-order valence-corrected chi connectivity index (χ4v) is 1.94. The molecule has 2 rings (SSSR count). The summed E-state index contributed by atoms with van der Waals surface area (Å²) in [5, 5.41) is 14.5. The predicted molar refractivity (Wildman–Crippen MR) is 91.0 cm³/mol. The summed E-state index contributed by atoms with van der Waals surface area (Å²) in [4.78, 5) is 11.8. The van der Waals surface area contributed by atoms with Crippen LogP contribution >= 0.6 is 12.2 Å². The van der Waals surface area contributed by atoms with Crippen molar-refractivity contribution in [2.24, 2.45) is 0 Å². The second-order valence-corrected chi connectivity index (χ2v) is 4.75. The largest absolute Gasteiger partial charge is 0.331 e. The Morgan fingerprint density at radius 1 is 1.09 bits per heavy atom. The molecule has 2 aromatic carbocycles. The molecule has 0 aliphatic carbocycles. The van der Waals surface area contributed by atoms with E-state index in [2.05, 4.69) is 16.7 Å². The van der Waals surface area contributed by atoms with Gasteiger partial charge >= 0.3 is 0 Å². The highest BCUT2D eigenvalue weighted by atomic mass is 32.1. The van der Waals surface area contributed by atoms with Gasteiger partial charge in [-0.1, -0.05) is 42.5 Å². The molecule has 5 heteroatoms. The van der Waals surface area contributed by atoms with Gasteiger partial charge in [-0.15, -0.1) is 0 Å². The van der Waals surface area contributed by atoms with Crippen molar-refractivity contribution in [3.63, 3.8) is 0 Å². The van der Waals surface area contributed by atoms with Gasteiger partial charge < -0.3 is 5.32 Å². The number of para-hydroxylation sites is 1. The Balaban J connectivity index is 1.93. The first-order chi connectivity index (χ1) is 10.7. The van der Waals surface area contributed by atoms with E-state index in [1.165, 1.54) is 6.08 Å². The van der Waals surface area contributed by atoms with E-state index >= 15 is 0 Å². The topological polar surface area (TPSA) is 64.9 Å². The van der Waals surface area contributed by atoms with Crippen LogP contribution in [0.2, 0.25) is 0 Å². The monoisotopic (exact) mass is 307 g/mol. The number of amides is 1. The zero-order valence-corrected chi connectivity index (χ0v) is 12.4. The molecule has 0 aromatic heterocycles. The van der Waals surface area contributed by atoms with Crippen LogP contribution in [0.1, 0.15) is 11.1 Å². The van der Waals surface area contributed by atoms with E-state index in [1.807, 2.05) is 30.3 Å². The summed E-state index contributed by atoms with van der Waals surface area (Å²) in [6.45, 7) is 0. The van der Waals surface area contributed by atoms with Crippen LogP contribution < -0.4 is 10.6 Å². The van der Waals surface area contributed by atoms with Gasteiger partial charge in [-0.2, -0.15) is 5.26 Å². The van der Waals surface area contributed by atoms with E-state index in [0.717, 1.165) is 5.56 Å². The maximum atomic E-state index is 11.8. The lowest BCUT2D eigenvalue weighted by molar-refractivity contribution is -0.115. The van der Waals surface area contributed by atoms with Gasteiger partial charge in [-0.25, -0.2) is 0 Å². The molecule has 0 atom stereocenters. The summed E-state index contributed by atoms with van der Waals surface area (Å²) >= 11 is 5.06. The zero-order chi connectivity index (χ0) is 15.8. The number of rotatable bonds is 3.